The predicted octanol–water partition coefficient (Wildman–Crippen LogP) is 1.08. The van der Waals surface area contributed by atoms with E-state index in [1.54, 1.807) is 30.5 Å². The molecule has 1 aromatic carbocycles. The largest absolute Gasteiger partial charge is 0.768 e. The molecule has 1 aliphatic rings. The topological polar surface area (TPSA) is 69.2 Å². The lowest BCUT2D eigenvalue weighted by molar-refractivity contribution is -0.115. The minimum Gasteiger partial charge on any atom is -0.768 e. The number of rotatable bonds is 4. The summed E-state index contributed by atoms with van der Waals surface area (Å²) in [5.74, 6) is 0.0443. The van der Waals surface area contributed by atoms with Crippen LogP contribution < -0.4 is 5.32 Å². The Hall–Kier alpha value is -1.72. The van der Waals surface area contributed by atoms with Gasteiger partial charge in [-0.1, -0.05) is 18.2 Å². The van der Waals surface area contributed by atoms with Gasteiger partial charge >= 0.3 is 0 Å². The van der Waals surface area contributed by atoms with Crippen LogP contribution in [0.15, 0.2) is 53.1 Å². The first-order valence-electron chi connectivity index (χ1n) is 5.47. The van der Waals surface area contributed by atoms with Crippen LogP contribution in [-0.2, 0) is 22.3 Å². The van der Waals surface area contributed by atoms with E-state index in [0.717, 1.165) is 11.1 Å². The molecule has 0 spiro atoms. The lowest BCUT2D eigenvalue weighted by Crippen LogP contribution is -2.20. The maximum Gasteiger partial charge on any atom is 0.165 e. The van der Waals surface area contributed by atoms with Gasteiger partial charge in [0.15, 0.2) is 5.78 Å². The fourth-order valence-corrected chi connectivity index (χ4v) is 2.03. The highest BCUT2D eigenvalue weighted by Crippen LogP contribution is 2.11. The summed E-state index contributed by atoms with van der Waals surface area (Å²) in [6.07, 6.45) is 5.66. The molecule has 1 atom stereocenters. The molecular weight excluding hydrogens is 250 g/mol. The van der Waals surface area contributed by atoms with Crippen molar-refractivity contribution in [1.82, 2.24) is 5.32 Å². The van der Waals surface area contributed by atoms with Crippen LogP contribution in [0.25, 0.3) is 0 Å². The van der Waals surface area contributed by atoms with Crippen molar-refractivity contribution in [2.45, 2.75) is 11.3 Å². The van der Waals surface area contributed by atoms with Crippen molar-refractivity contribution >= 4 is 16.9 Å². The van der Waals surface area contributed by atoms with Crippen LogP contribution >= 0.6 is 0 Å². The number of nitrogens with one attached hydrogen (secondary N) is 1. The molecule has 0 saturated carbocycles. The van der Waals surface area contributed by atoms with Gasteiger partial charge in [0.05, 0.1) is 0 Å². The molecule has 0 bridgehead atoms. The fourth-order valence-electron chi connectivity index (χ4n) is 1.67. The lowest BCUT2D eigenvalue weighted by atomic mass is 10.0. The summed E-state index contributed by atoms with van der Waals surface area (Å²) >= 11 is -2.22. The number of dihydropyridines is 1. The molecule has 18 heavy (non-hydrogen) atoms. The molecule has 4 nitrogen and oxygen atoms in total. The van der Waals surface area contributed by atoms with Gasteiger partial charge in [0, 0.05) is 23.4 Å². The zero-order valence-electron chi connectivity index (χ0n) is 9.59. The number of benzene rings is 1. The Morgan fingerprint density at radius 3 is 2.61 bits per heavy atom. The van der Waals surface area contributed by atoms with Crippen molar-refractivity contribution in [3.05, 3.63) is 53.8 Å². The van der Waals surface area contributed by atoms with E-state index in [1.165, 1.54) is 12.1 Å². The summed E-state index contributed by atoms with van der Waals surface area (Å²) in [6.45, 7) is 0.540. The summed E-state index contributed by atoms with van der Waals surface area (Å²) < 4.78 is 21.4. The highest BCUT2D eigenvalue weighted by Gasteiger charge is 2.10. The molecular formula is C13H12NO3S-. The maximum absolute atomic E-state index is 11.9. The van der Waals surface area contributed by atoms with Gasteiger partial charge in [-0.05, 0) is 41.1 Å². The average molecular weight is 262 g/mol. The second-order valence-electron chi connectivity index (χ2n) is 3.91. The van der Waals surface area contributed by atoms with Gasteiger partial charge in [-0.15, -0.1) is 0 Å². The fraction of sp³-hybridized carbons (Fsp3) is 0.154. The van der Waals surface area contributed by atoms with Crippen molar-refractivity contribution in [1.29, 1.82) is 0 Å². The van der Waals surface area contributed by atoms with Crippen LogP contribution in [0.1, 0.15) is 5.56 Å². The Balaban J connectivity index is 2.05. The maximum atomic E-state index is 11.9. The molecule has 2 rings (SSSR count). The normalized spacial score (nSPS) is 15.7. The molecule has 1 unspecified atom stereocenters. The minimum absolute atomic E-state index is 0.0443. The van der Waals surface area contributed by atoms with E-state index < -0.39 is 11.1 Å². The molecule has 0 saturated heterocycles. The van der Waals surface area contributed by atoms with Gasteiger partial charge in [0.1, 0.15) is 0 Å². The molecule has 0 aromatic heterocycles. The third-order valence-corrected chi connectivity index (χ3v) is 3.30. The zero-order valence-corrected chi connectivity index (χ0v) is 10.4. The van der Waals surface area contributed by atoms with Gasteiger partial charge in [-0.2, -0.15) is 0 Å². The van der Waals surface area contributed by atoms with Gasteiger partial charge in [0.2, 0.25) is 0 Å². The molecule has 1 N–H and O–H groups in total. The van der Waals surface area contributed by atoms with Gasteiger partial charge < -0.3 is 9.87 Å². The molecule has 1 aromatic rings. The molecule has 0 amide bonds. The van der Waals surface area contributed by atoms with Crippen LogP contribution in [0.2, 0.25) is 0 Å². The smallest absolute Gasteiger partial charge is 0.165 e. The molecule has 1 heterocycles. The zero-order chi connectivity index (χ0) is 13.0. The Bertz CT molecular complexity index is 532. The first kappa shape index (κ1) is 12.7. The van der Waals surface area contributed by atoms with Crippen molar-refractivity contribution in [2.24, 2.45) is 0 Å². The van der Waals surface area contributed by atoms with E-state index in [2.05, 4.69) is 5.32 Å². The number of allylic oxidation sites excluding steroid dienone is 2. The summed E-state index contributed by atoms with van der Waals surface area (Å²) in [6, 6.07) is 6.32. The van der Waals surface area contributed by atoms with Crippen LogP contribution in [0.3, 0.4) is 0 Å². The van der Waals surface area contributed by atoms with Crippen LogP contribution in [0.5, 0.6) is 0 Å². The number of ketones is 1. The summed E-state index contributed by atoms with van der Waals surface area (Å²) in [5.41, 5.74) is 1.54. The van der Waals surface area contributed by atoms with Crippen molar-refractivity contribution in [3.8, 4) is 0 Å². The molecule has 5 heteroatoms. The third kappa shape index (κ3) is 3.15. The van der Waals surface area contributed by atoms with E-state index in [4.69, 9.17) is 0 Å². The first-order valence-corrected chi connectivity index (χ1v) is 6.55. The number of hydrogen-bond donors (Lipinski definition) is 1. The Morgan fingerprint density at radius 2 is 2.06 bits per heavy atom. The van der Waals surface area contributed by atoms with Crippen molar-refractivity contribution in [2.75, 3.05) is 6.54 Å². The SMILES string of the molecule is O=C(Cc1ccc(S(=O)[O-])cc1)C1=CC=CNC1. The van der Waals surface area contributed by atoms with Gasteiger partial charge in [-0.25, -0.2) is 0 Å². The quantitative estimate of drug-likeness (QED) is 0.824. The molecule has 0 fully saturated rings. The number of carbonyl (C=O) groups excluding carboxylic acids is 1. The van der Waals surface area contributed by atoms with E-state index >= 15 is 0 Å². The third-order valence-electron chi connectivity index (χ3n) is 2.64. The summed E-state index contributed by atoms with van der Waals surface area (Å²) in [7, 11) is 0. The second-order valence-corrected chi connectivity index (χ2v) is 4.85. The highest BCUT2D eigenvalue weighted by atomic mass is 32.2. The van der Waals surface area contributed by atoms with E-state index in [9.17, 15) is 13.6 Å². The first-order chi connectivity index (χ1) is 8.66. The standard InChI is InChI=1S/C13H13NO3S/c15-13(11-2-1-7-14-9-11)8-10-3-5-12(6-4-10)18(16)17/h1-7,14H,8-9H2,(H,16,17)/p-1. The summed E-state index contributed by atoms with van der Waals surface area (Å²) in [4.78, 5) is 12.2. The summed E-state index contributed by atoms with van der Waals surface area (Å²) in [5, 5.41) is 2.97. The lowest BCUT2D eigenvalue weighted by Gasteiger charge is -2.10. The molecule has 0 radical (unpaired) electrons. The minimum atomic E-state index is -2.22. The predicted molar refractivity (Wildman–Crippen MR) is 67.6 cm³/mol. The van der Waals surface area contributed by atoms with Crippen molar-refractivity contribution in [3.63, 3.8) is 0 Å². The molecule has 0 aliphatic carbocycles. The highest BCUT2D eigenvalue weighted by molar-refractivity contribution is 7.79. The number of hydrogen-bond acceptors (Lipinski definition) is 4. The Kier molecular flexibility index (Phi) is 4.07. The number of carbonyl (C=O) groups is 1. The van der Waals surface area contributed by atoms with Gasteiger partial charge in [-0.3, -0.25) is 9.00 Å². The number of Topliss-reactive ketones (excluding diaryl/α,β-unsaturated/α-hetero) is 1. The van der Waals surface area contributed by atoms with Crippen LogP contribution in [-0.4, -0.2) is 21.1 Å². The van der Waals surface area contributed by atoms with E-state index in [-0.39, 0.29) is 17.1 Å². The van der Waals surface area contributed by atoms with Crippen LogP contribution in [0, 0.1) is 0 Å². The van der Waals surface area contributed by atoms with Gasteiger partial charge in [0.25, 0.3) is 0 Å². The van der Waals surface area contributed by atoms with Crippen molar-refractivity contribution < 1.29 is 13.6 Å². The molecule has 1 aliphatic heterocycles. The monoisotopic (exact) mass is 262 g/mol. The average Bonchev–Trinajstić information content (AvgIpc) is 2.40. The Morgan fingerprint density at radius 1 is 1.33 bits per heavy atom. The second kappa shape index (κ2) is 5.75. The van der Waals surface area contributed by atoms with Crippen LogP contribution in [0.4, 0.5) is 0 Å². The molecule has 94 valence electrons. The van der Waals surface area contributed by atoms with E-state index in [0.29, 0.717) is 6.54 Å². The van der Waals surface area contributed by atoms with E-state index in [1.807, 2.05) is 0 Å². The Labute approximate surface area is 108 Å².